The van der Waals surface area contributed by atoms with Crippen LogP contribution in [0.4, 0.5) is 0 Å². The van der Waals surface area contributed by atoms with Crippen molar-refractivity contribution < 1.29 is 9.59 Å². The molecule has 0 heterocycles. The first kappa shape index (κ1) is 16.5. The summed E-state index contributed by atoms with van der Waals surface area (Å²) in [6.07, 6.45) is 6.17. The van der Waals surface area contributed by atoms with E-state index in [0.717, 1.165) is 18.4 Å². The van der Waals surface area contributed by atoms with Crippen LogP contribution in [0, 0.1) is 5.41 Å². The normalized spacial score (nSPS) is 17.0. The zero-order valence-corrected chi connectivity index (χ0v) is 12.9. The van der Waals surface area contributed by atoms with Gasteiger partial charge in [0, 0.05) is 18.5 Å². The minimum Gasteiger partial charge on any atom is -0.366 e. The van der Waals surface area contributed by atoms with Gasteiger partial charge in [0.25, 0.3) is 0 Å². The Kier molecular flexibility index (Phi) is 5.55. The predicted octanol–water partition coefficient (Wildman–Crippen LogP) is 1.70. The van der Waals surface area contributed by atoms with Gasteiger partial charge in [0.05, 0.1) is 0 Å². The van der Waals surface area contributed by atoms with E-state index in [1.165, 1.54) is 19.3 Å². The van der Waals surface area contributed by atoms with Crippen LogP contribution in [0.3, 0.4) is 0 Å². The number of carbonyl (C=O) groups excluding carboxylic acids is 2. The largest absolute Gasteiger partial charge is 0.366 e. The summed E-state index contributed by atoms with van der Waals surface area (Å²) in [5, 5.41) is 2.94. The number of hydrogen-bond donors (Lipinski definition) is 3. The third kappa shape index (κ3) is 4.31. The van der Waals surface area contributed by atoms with Crippen LogP contribution in [-0.2, 0) is 11.3 Å². The topological polar surface area (TPSA) is 98.2 Å². The number of amides is 2. The van der Waals surface area contributed by atoms with Crippen LogP contribution in [0.5, 0.6) is 0 Å². The fourth-order valence-corrected chi connectivity index (χ4v) is 3.15. The van der Waals surface area contributed by atoms with Gasteiger partial charge in [-0.05, 0) is 42.5 Å². The van der Waals surface area contributed by atoms with E-state index in [2.05, 4.69) is 5.32 Å². The van der Waals surface area contributed by atoms with Gasteiger partial charge in [0.15, 0.2) is 0 Å². The first-order valence-electron chi connectivity index (χ1n) is 7.90. The Morgan fingerprint density at radius 3 is 2.27 bits per heavy atom. The summed E-state index contributed by atoms with van der Waals surface area (Å²) in [4.78, 5) is 23.2. The molecule has 1 fully saturated rings. The van der Waals surface area contributed by atoms with Gasteiger partial charge in [-0.15, -0.1) is 0 Å². The van der Waals surface area contributed by atoms with Crippen molar-refractivity contribution in [1.82, 2.24) is 5.32 Å². The van der Waals surface area contributed by atoms with Gasteiger partial charge in [0.2, 0.25) is 11.8 Å². The minimum absolute atomic E-state index is 0.0157. The molecule has 0 radical (unpaired) electrons. The summed E-state index contributed by atoms with van der Waals surface area (Å²) in [6.45, 7) is 1.03. The molecule has 5 nitrogen and oxygen atoms in total. The third-order valence-corrected chi connectivity index (χ3v) is 4.61. The Morgan fingerprint density at radius 1 is 1.09 bits per heavy atom. The number of carbonyl (C=O) groups is 2. The highest BCUT2D eigenvalue weighted by atomic mass is 16.1. The Labute approximate surface area is 131 Å². The lowest BCUT2D eigenvalue weighted by Crippen LogP contribution is -2.38. The van der Waals surface area contributed by atoms with E-state index >= 15 is 0 Å². The highest BCUT2D eigenvalue weighted by Gasteiger charge is 2.32. The molecule has 1 aliphatic rings. The van der Waals surface area contributed by atoms with Gasteiger partial charge in [0.1, 0.15) is 0 Å². The summed E-state index contributed by atoms with van der Waals surface area (Å²) < 4.78 is 0. The van der Waals surface area contributed by atoms with Crippen molar-refractivity contribution >= 4 is 11.8 Å². The maximum Gasteiger partial charge on any atom is 0.248 e. The van der Waals surface area contributed by atoms with Crippen molar-refractivity contribution in [2.45, 2.75) is 45.1 Å². The molecule has 0 saturated heterocycles. The Balaban J connectivity index is 1.85. The highest BCUT2D eigenvalue weighted by Crippen LogP contribution is 2.38. The SMILES string of the molecule is NCC1(CC(=O)NCc2ccc(C(N)=O)cc2)CCCCC1. The molecule has 1 aromatic carbocycles. The second-order valence-electron chi connectivity index (χ2n) is 6.28. The van der Waals surface area contributed by atoms with Gasteiger partial charge < -0.3 is 16.8 Å². The van der Waals surface area contributed by atoms with Crippen LogP contribution < -0.4 is 16.8 Å². The highest BCUT2D eigenvalue weighted by molar-refractivity contribution is 5.92. The molecule has 0 spiro atoms. The zero-order valence-electron chi connectivity index (χ0n) is 12.9. The van der Waals surface area contributed by atoms with Crippen LogP contribution in [0.25, 0.3) is 0 Å². The number of hydrogen-bond acceptors (Lipinski definition) is 3. The maximum absolute atomic E-state index is 12.2. The monoisotopic (exact) mass is 303 g/mol. The molecular formula is C17H25N3O2. The van der Waals surface area contributed by atoms with Crippen LogP contribution >= 0.6 is 0 Å². The average molecular weight is 303 g/mol. The molecule has 5 heteroatoms. The molecule has 5 N–H and O–H groups in total. The fourth-order valence-electron chi connectivity index (χ4n) is 3.15. The maximum atomic E-state index is 12.2. The average Bonchev–Trinajstić information content (AvgIpc) is 2.54. The zero-order chi connectivity index (χ0) is 16.0. The second-order valence-corrected chi connectivity index (χ2v) is 6.28. The molecule has 0 unspecified atom stereocenters. The minimum atomic E-state index is -0.447. The molecular weight excluding hydrogens is 278 g/mol. The van der Waals surface area contributed by atoms with Crippen LogP contribution in [0.2, 0.25) is 0 Å². The summed E-state index contributed by atoms with van der Waals surface area (Å²) in [7, 11) is 0. The number of benzene rings is 1. The number of primary amides is 1. The number of rotatable bonds is 6. The first-order chi connectivity index (χ1) is 10.5. The van der Waals surface area contributed by atoms with Crippen molar-refractivity contribution in [3.63, 3.8) is 0 Å². The van der Waals surface area contributed by atoms with Gasteiger partial charge in [-0.1, -0.05) is 31.4 Å². The second kappa shape index (κ2) is 7.40. The van der Waals surface area contributed by atoms with Crippen molar-refractivity contribution in [2.24, 2.45) is 16.9 Å². The van der Waals surface area contributed by atoms with Crippen LogP contribution in [-0.4, -0.2) is 18.4 Å². The molecule has 0 aliphatic heterocycles. The van der Waals surface area contributed by atoms with Crippen molar-refractivity contribution in [3.8, 4) is 0 Å². The Hall–Kier alpha value is -1.88. The van der Waals surface area contributed by atoms with Crippen molar-refractivity contribution in [2.75, 3.05) is 6.54 Å². The summed E-state index contributed by atoms with van der Waals surface area (Å²) in [6, 6.07) is 6.96. The molecule has 0 bridgehead atoms. The lowest BCUT2D eigenvalue weighted by atomic mass is 9.71. The summed E-state index contributed by atoms with van der Waals surface area (Å²) >= 11 is 0. The molecule has 2 rings (SSSR count). The molecule has 120 valence electrons. The van der Waals surface area contributed by atoms with Crippen LogP contribution in [0.15, 0.2) is 24.3 Å². The van der Waals surface area contributed by atoms with Crippen molar-refractivity contribution in [3.05, 3.63) is 35.4 Å². The van der Waals surface area contributed by atoms with E-state index < -0.39 is 5.91 Å². The number of nitrogens with two attached hydrogens (primary N) is 2. The van der Waals surface area contributed by atoms with Crippen molar-refractivity contribution in [1.29, 1.82) is 0 Å². The lowest BCUT2D eigenvalue weighted by molar-refractivity contribution is -0.124. The van der Waals surface area contributed by atoms with Gasteiger partial charge in [-0.3, -0.25) is 9.59 Å². The smallest absolute Gasteiger partial charge is 0.248 e. The predicted molar refractivity (Wildman–Crippen MR) is 86.0 cm³/mol. The molecule has 1 saturated carbocycles. The van der Waals surface area contributed by atoms with E-state index in [1.54, 1.807) is 24.3 Å². The van der Waals surface area contributed by atoms with E-state index in [9.17, 15) is 9.59 Å². The van der Waals surface area contributed by atoms with E-state index in [4.69, 9.17) is 11.5 Å². The molecule has 2 amide bonds. The molecule has 0 atom stereocenters. The van der Waals surface area contributed by atoms with Crippen LogP contribution in [0.1, 0.15) is 54.4 Å². The molecule has 1 aliphatic carbocycles. The lowest BCUT2D eigenvalue weighted by Gasteiger charge is -2.35. The molecule has 22 heavy (non-hydrogen) atoms. The van der Waals surface area contributed by atoms with E-state index in [-0.39, 0.29) is 11.3 Å². The third-order valence-electron chi connectivity index (χ3n) is 4.61. The number of nitrogens with one attached hydrogen (secondary N) is 1. The van der Waals surface area contributed by atoms with Gasteiger partial charge >= 0.3 is 0 Å². The van der Waals surface area contributed by atoms with Gasteiger partial charge in [-0.25, -0.2) is 0 Å². The first-order valence-corrected chi connectivity index (χ1v) is 7.90. The molecule has 1 aromatic rings. The van der Waals surface area contributed by atoms with E-state index in [1.807, 2.05) is 0 Å². The van der Waals surface area contributed by atoms with E-state index in [0.29, 0.717) is 25.1 Å². The Bertz CT molecular complexity index is 519. The quantitative estimate of drug-likeness (QED) is 0.746. The molecule has 0 aromatic heterocycles. The standard InChI is InChI=1S/C17H25N3O2/c18-12-17(8-2-1-3-9-17)10-15(21)20-11-13-4-6-14(7-5-13)16(19)22/h4-7H,1-3,8-12,18H2,(H2,19,22)(H,20,21). The fraction of sp³-hybridized carbons (Fsp3) is 0.529. The summed E-state index contributed by atoms with van der Waals surface area (Å²) in [5.41, 5.74) is 12.5. The van der Waals surface area contributed by atoms with Gasteiger partial charge in [-0.2, -0.15) is 0 Å². The summed E-state index contributed by atoms with van der Waals surface area (Å²) in [5.74, 6) is -0.399. The Morgan fingerprint density at radius 2 is 1.73 bits per heavy atom.